The van der Waals surface area contributed by atoms with Crippen LogP contribution in [-0.4, -0.2) is 21.3 Å². The highest BCUT2D eigenvalue weighted by molar-refractivity contribution is 5.47. The molecule has 0 spiro atoms. The van der Waals surface area contributed by atoms with E-state index >= 15 is 0 Å². The third-order valence-corrected chi connectivity index (χ3v) is 3.49. The summed E-state index contributed by atoms with van der Waals surface area (Å²) in [4.78, 5) is 6.70. The number of anilines is 1. The summed E-state index contributed by atoms with van der Waals surface area (Å²) in [6, 6.07) is 8.40. The molecule has 0 unspecified atom stereocenters. The molecular weight excluding hydrogens is 262 g/mol. The van der Waals surface area contributed by atoms with Crippen molar-refractivity contribution in [3.63, 3.8) is 0 Å². The second-order valence-electron chi connectivity index (χ2n) is 5.64. The topological polar surface area (TPSA) is 60.0 Å². The number of hydrogen-bond acceptors (Lipinski definition) is 4. The van der Waals surface area contributed by atoms with Crippen molar-refractivity contribution in [1.29, 1.82) is 0 Å². The van der Waals surface area contributed by atoms with Crippen LogP contribution in [0.4, 0.5) is 5.69 Å². The molecule has 0 saturated carbocycles. The van der Waals surface area contributed by atoms with Crippen molar-refractivity contribution in [2.75, 3.05) is 11.4 Å². The molecule has 5 heteroatoms. The van der Waals surface area contributed by atoms with Crippen LogP contribution >= 0.6 is 0 Å². The van der Waals surface area contributed by atoms with Gasteiger partial charge in [-0.05, 0) is 30.5 Å². The Morgan fingerprint density at radius 2 is 1.95 bits per heavy atom. The molecule has 0 fully saturated rings. The Bertz CT molecular complexity index is 544. The average molecular weight is 287 g/mol. The van der Waals surface area contributed by atoms with E-state index in [0.717, 1.165) is 31.0 Å². The standard InChI is InChI=1S/C16H25N5/c1-4-20(15-7-5-14(9-17)6-8-15)11-16-18-12-19-21(16)10-13(2)3/h5-8,12-13H,4,9-11,17H2,1-3H3. The van der Waals surface area contributed by atoms with E-state index in [1.165, 1.54) is 5.69 Å². The molecule has 0 aliphatic rings. The van der Waals surface area contributed by atoms with Gasteiger partial charge in [0.05, 0.1) is 6.54 Å². The third-order valence-electron chi connectivity index (χ3n) is 3.49. The Morgan fingerprint density at radius 1 is 1.24 bits per heavy atom. The van der Waals surface area contributed by atoms with Crippen molar-refractivity contribution in [1.82, 2.24) is 14.8 Å². The van der Waals surface area contributed by atoms with E-state index in [1.807, 2.05) is 4.68 Å². The fourth-order valence-electron chi connectivity index (χ4n) is 2.31. The Hall–Kier alpha value is -1.88. The molecule has 0 amide bonds. The largest absolute Gasteiger partial charge is 0.364 e. The molecule has 0 aliphatic carbocycles. The Balaban J connectivity index is 2.13. The van der Waals surface area contributed by atoms with Crippen molar-refractivity contribution < 1.29 is 0 Å². The van der Waals surface area contributed by atoms with Gasteiger partial charge < -0.3 is 10.6 Å². The van der Waals surface area contributed by atoms with Gasteiger partial charge in [-0.15, -0.1) is 0 Å². The fourth-order valence-corrected chi connectivity index (χ4v) is 2.31. The number of rotatable bonds is 7. The first-order chi connectivity index (χ1) is 10.1. The second-order valence-corrected chi connectivity index (χ2v) is 5.64. The van der Waals surface area contributed by atoms with Gasteiger partial charge in [-0.2, -0.15) is 5.10 Å². The van der Waals surface area contributed by atoms with Crippen LogP contribution in [0.2, 0.25) is 0 Å². The van der Waals surface area contributed by atoms with Gasteiger partial charge in [0.1, 0.15) is 12.2 Å². The van der Waals surface area contributed by atoms with Crippen molar-refractivity contribution in [3.05, 3.63) is 42.0 Å². The smallest absolute Gasteiger partial charge is 0.146 e. The van der Waals surface area contributed by atoms with Gasteiger partial charge in [0.2, 0.25) is 0 Å². The van der Waals surface area contributed by atoms with Crippen LogP contribution < -0.4 is 10.6 Å². The van der Waals surface area contributed by atoms with Crippen molar-refractivity contribution in [2.45, 2.75) is 40.4 Å². The first-order valence-corrected chi connectivity index (χ1v) is 7.54. The van der Waals surface area contributed by atoms with E-state index in [4.69, 9.17) is 5.73 Å². The minimum Gasteiger partial charge on any atom is -0.364 e. The van der Waals surface area contributed by atoms with E-state index < -0.39 is 0 Å². The minimum absolute atomic E-state index is 0.560. The fraction of sp³-hybridized carbons (Fsp3) is 0.500. The zero-order valence-corrected chi connectivity index (χ0v) is 13.2. The van der Waals surface area contributed by atoms with Crippen LogP contribution in [0.1, 0.15) is 32.2 Å². The Morgan fingerprint density at radius 3 is 2.52 bits per heavy atom. The zero-order valence-electron chi connectivity index (χ0n) is 13.2. The molecule has 5 nitrogen and oxygen atoms in total. The maximum atomic E-state index is 5.65. The molecule has 2 N–H and O–H groups in total. The number of nitrogens with zero attached hydrogens (tertiary/aromatic N) is 4. The summed E-state index contributed by atoms with van der Waals surface area (Å²) < 4.78 is 2.00. The minimum atomic E-state index is 0.560. The highest BCUT2D eigenvalue weighted by Crippen LogP contribution is 2.17. The SMILES string of the molecule is CCN(Cc1ncnn1CC(C)C)c1ccc(CN)cc1. The molecule has 2 aromatic rings. The van der Waals surface area contributed by atoms with Gasteiger partial charge >= 0.3 is 0 Å². The summed E-state index contributed by atoms with van der Waals surface area (Å²) in [5.41, 5.74) is 7.99. The lowest BCUT2D eigenvalue weighted by Gasteiger charge is -2.23. The van der Waals surface area contributed by atoms with Gasteiger partial charge in [-0.25, -0.2) is 9.67 Å². The molecule has 21 heavy (non-hydrogen) atoms. The number of benzene rings is 1. The zero-order chi connectivity index (χ0) is 15.2. The molecular formula is C16H25N5. The molecule has 0 aliphatic heterocycles. The Kier molecular flexibility index (Phi) is 5.33. The van der Waals surface area contributed by atoms with E-state index in [9.17, 15) is 0 Å². The van der Waals surface area contributed by atoms with Crippen molar-refractivity contribution in [3.8, 4) is 0 Å². The second kappa shape index (κ2) is 7.22. The summed E-state index contributed by atoms with van der Waals surface area (Å²) in [5.74, 6) is 1.57. The van der Waals surface area contributed by atoms with Crippen LogP contribution in [0.15, 0.2) is 30.6 Å². The highest BCUT2D eigenvalue weighted by atomic mass is 15.3. The predicted octanol–water partition coefficient (Wildman–Crippen LogP) is 2.42. The van der Waals surface area contributed by atoms with Crippen LogP contribution in [0.3, 0.4) is 0 Å². The summed E-state index contributed by atoms with van der Waals surface area (Å²) >= 11 is 0. The van der Waals surface area contributed by atoms with Crippen LogP contribution in [0.25, 0.3) is 0 Å². The molecule has 1 aromatic heterocycles. The maximum Gasteiger partial charge on any atom is 0.146 e. The monoisotopic (exact) mass is 287 g/mol. The van der Waals surface area contributed by atoms with E-state index in [0.29, 0.717) is 12.5 Å². The quantitative estimate of drug-likeness (QED) is 0.849. The lowest BCUT2D eigenvalue weighted by molar-refractivity contribution is 0.464. The third kappa shape index (κ3) is 4.04. The normalized spacial score (nSPS) is 11.1. The lowest BCUT2D eigenvalue weighted by atomic mass is 10.2. The summed E-state index contributed by atoms with van der Waals surface area (Å²) in [5, 5.41) is 4.33. The van der Waals surface area contributed by atoms with Gasteiger partial charge in [0.25, 0.3) is 0 Å². The van der Waals surface area contributed by atoms with Crippen molar-refractivity contribution >= 4 is 5.69 Å². The van der Waals surface area contributed by atoms with Crippen LogP contribution in [-0.2, 0) is 19.6 Å². The maximum absolute atomic E-state index is 5.65. The van der Waals surface area contributed by atoms with E-state index in [2.05, 4.69) is 60.0 Å². The summed E-state index contributed by atoms with van der Waals surface area (Å²) in [6.45, 7) is 9.71. The molecule has 1 aromatic carbocycles. The first kappa shape index (κ1) is 15.5. The molecule has 1 heterocycles. The van der Waals surface area contributed by atoms with Gasteiger partial charge in [-0.3, -0.25) is 0 Å². The highest BCUT2D eigenvalue weighted by Gasteiger charge is 2.11. The lowest BCUT2D eigenvalue weighted by Crippen LogP contribution is -2.25. The molecule has 0 radical (unpaired) electrons. The summed E-state index contributed by atoms with van der Waals surface area (Å²) in [6.07, 6.45) is 1.64. The molecule has 0 bridgehead atoms. The molecule has 2 rings (SSSR count). The Labute approximate surface area is 126 Å². The molecule has 114 valence electrons. The molecule has 0 atom stereocenters. The number of nitrogens with two attached hydrogens (primary N) is 1. The number of hydrogen-bond donors (Lipinski definition) is 1. The van der Waals surface area contributed by atoms with Gasteiger partial charge in [0.15, 0.2) is 0 Å². The van der Waals surface area contributed by atoms with Gasteiger partial charge in [-0.1, -0.05) is 26.0 Å². The van der Waals surface area contributed by atoms with Crippen molar-refractivity contribution in [2.24, 2.45) is 11.7 Å². The van der Waals surface area contributed by atoms with Crippen LogP contribution in [0.5, 0.6) is 0 Å². The van der Waals surface area contributed by atoms with Gasteiger partial charge in [0, 0.05) is 25.3 Å². The predicted molar refractivity (Wildman–Crippen MR) is 85.9 cm³/mol. The number of aromatic nitrogens is 3. The average Bonchev–Trinajstić information content (AvgIpc) is 2.91. The van der Waals surface area contributed by atoms with E-state index in [1.54, 1.807) is 6.33 Å². The van der Waals surface area contributed by atoms with E-state index in [-0.39, 0.29) is 0 Å². The first-order valence-electron chi connectivity index (χ1n) is 7.54. The molecule has 0 saturated heterocycles. The van der Waals surface area contributed by atoms with Crippen LogP contribution in [0, 0.1) is 5.92 Å². The summed E-state index contributed by atoms with van der Waals surface area (Å²) in [7, 11) is 0.